The minimum absolute atomic E-state index is 0.0151. The van der Waals surface area contributed by atoms with Gasteiger partial charge in [-0.25, -0.2) is 0 Å². The van der Waals surface area contributed by atoms with Crippen LogP contribution in [-0.4, -0.2) is 36.9 Å². The second-order valence-corrected chi connectivity index (χ2v) is 6.90. The first-order valence-electron chi connectivity index (χ1n) is 8.90. The molecule has 136 valence electrons. The van der Waals surface area contributed by atoms with Crippen molar-refractivity contribution in [2.24, 2.45) is 11.7 Å². The molecule has 5 heteroatoms. The number of amides is 2. The van der Waals surface area contributed by atoms with Crippen molar-refractivity contribution in [3.8, 4) is 0 Å². The zero-order chi connectivity index (χ0) is 18.7. The van der Waals surface area contributed by atoms with E-state index in [-0.39, 0.29) is 30.3 Å². The predicted octanol–water partition coefficient (Wildman–Crippen LogP) is 2.37. The molecule has 2 aromatic rings. The third kappa shape index (κ3) is 3.72. The molecule has 0 bridgehead atoms. The lowest BCUT2D eigenvalue weighted by Crippen LogP contribution is -2.46. The highest BCUT2D eigenvalue weighted by Gasteiger charge is 2.30. The fourth-order valence-corrected chi connectivity index (χ4v) is 3.47. The van der Waals surface area contributed by atoms with Crippen LogP contribution in [0.25, 0.3) is 0 Å². The first-order valence-corrected chi connectivity index (χ1v) is 8.90. The summed E-state index contributed by atoms with van der Waals surface area (Å²) in [7, 11) is 1.82. The summed E-state index contributed by atoms with van der Waals surface area (Å²) in [5, 5.41) is 0. The van der Waals surface area contributed by atoms with Crippen molar-refractivity contribution in [1.82, 2.24) is 4.90 Å². The molecule has 0 fully saturated rings. The van der Waals surface area contributed by atoms with Crippen molar-refractivity contribution in [3.05, 3.63) is 65.7 Å². The Balaban J connectivity index is 1.76. The van der Waals surface area contributed by atoms with Gasteiger partial charge in [-0.1, -0.05) is 48.5 Å². The fourth-order valence-electron chi connectivity index (χ4n) is 3.47. The van der Waals surface area contributed by atoms with Crippen LogP contribution in [-0.2, 0) is 16.0 Å². The van der Waals surface area contributed by atoms with Gasteiger partial charge in [0.15, 0.2) is 0 Å². The van der Waals surface area contributed by atoms with E-state index in [0.717, 1.165) is 16.8 Å². The highest BCUT2D eigenvalue weighted by molar-refractivity contribution is 5.84. The summed E-state index contributed by atoms with van der Waals surface area (Å²) in [5.41, 5.74) is 8.71. The minimum atomic E-state index is -0.317. The lowest BCUT2D eigenvalue weighted by molar-refractivity contribution is -0.130. The maximum absolute atomic E-state index is 12.9. The van der Waals surface area contributed by atoms with E-state index < -0.39 is 0 Å². The van der Waals surface area contributed by atoms with Crippen LogP contribution >= 0.6 is 0 Å². The van der Waals surface area contributed by atoms with Gasteiger partial charge in [0.2, 0.25) is 11.8 Å². The molecule has 1 heterocycles. The van der Waals surface area contributed by atoms with Crippen LogP contribution in [0.15, 0.2) is 54.6 Å². The van der Waals surface area contributed by atoms with Crippen molar-refractivity contribution in [1.29, 1.82) is 0 Å². The third-order valence-electron chi connectivity index (χ3n) is 5.22. The molecule has 2 aromatic carbocycles. The molecule has 0 saturated heterocycles. The fraction of sp³-hybridized carbons (Fsp3) is 0.333. The summed E-state index contributed by atoms with van der Waals surface area (Å²) in [6.07, 6.45) is 0.631. The summed E-state index contributed by atoms with van der Waals surface area (Å²) < 4.78 is 0. The number of hydrogen-bond donors (Lipinski definition) is 1. The molecule has 2 amide bonds. The molecule has 0 saturated carbocycles. The van der Waals surface area contributed by atoms with Crippen LogP contribution in [0.5, 0.6) is 0 Å². The Morgan fingerprint density at radius 3 is 2.50 bits per heavy atom. The van der Waals surface area contributed by atoms with Crippen LogP contribution in [0.3, 0.4) is 0 Å². The van der Waals surface area contributed by atoms with Crippen molar-refractivity contribution in [3.63, 3.8) is 0 Å². The highest BCUT2D eigenvalue weighted by Crippen LogP contribution is 2.30. The lowest BCUT2D eigenvalue weighted by atomic mass is 9.92. The second-order valence-electron chi connectivity index (χ2n) is 6.90. The maximum Gasteiger partial charge on any atom is 0.242 e. The van der Waals surface area contributed by atoms with Gasteiger partial charge in [0.05, 0.1) is 18.5 Å². The molecule has 26 heavy (non-hydrogen) atoms. The van der Waals surface area contributed by atoms with Gasteiger partial charge in [0.25, 0.3) is 0 Å². The van der Waals surface area contributed by atoms with Gasteiger partial charge in [-0.15, -0.1) is 0 Å². The second kappa shape index (κ2) is 7.60. The molecular weight excluding hydrogens is 326 g/mol. The van der Waals surface area contributed by atoms with Crippen molar-refractivity contribution in [2.75, 3.05) is 25.0 Å². The number of nitrogens with two attached hydrogens (primary N) is 1. The van der Waals surface area contributed by atoms with Crippen molar-refractivity contribution < 1.29 is 9.59 Å². The zero-order valence-corrected chi connectivity index (χ0v) is 15.3. The minimum Gasteiger partial charge on any atom is -0.369 e. The average Bonchev–Trinajstić information content (AvgIpc) is 2.67. The molecule has 5 nitrogen and oxygen atoms in total. The number of primary amides is 1. The SMILES string of the molecule is C[C@@H](c1ccccc1)N(C)C(=O)CN1C[C@@H](C(N)=O)Cc2ccccc21. The summed E-state index contributed by atoms with van der Waals surface area (Å²) in [6, 6.07) is 17.8. The first kappa shape index (κ1) is 18.0. The van der Waals surface area contributed by atoms with Gasteiger partial charge in [-0.05, 0) is 30.5 Å². The Hall–Kier alpha value is -2.82. The van der Waals surface area contributed by atoms with E-state index in [0.29, 0.717) is 13.0 Å². The number of likely N-dealkylation sites (N-methyl/N-ethyl adjacent to an activating group) is 1. The summed E-state index contributed by atoms with van der Waals surface area (Å²) >= 11 is 0. The van der Waals surface area contributed by atoms with E-state index in [1.165, 1.54) is 0 Å². The Morgan fingerprint density at radius 1 is 1.15 bits per heavy atom. The Bertz CT molecular complexity index is 791. The summed E-state index contributed by atoms with van der Waals surface area (Å²) in [5.74, 6) is -0.571. The van der Waals surface area contributed by atoms with E-state index >= 15 is 0 Å². The molecule has 1 aliphatic heterocycles. The summed E-state index contributed by atoms with van der Waals surface area (Å²) in [6.45, 7) is 2.73. The van der Waals surface area contributed by atoms with Crippen LogP contribution in [0.1, 0.15) is 24.1 Å². The number of fused-ring (bicyclic) bond motifs is 1. The molecule has 0 aliphatic carbocycles. The van der Waals surface area contributed by atoms with Crippen molar-refractivity contribution >= 4 is 17.5 Å². The van der Waals surface area contributed by atoms with Crippen LogP contribution in [0, 0.1) is 5.92 Å². The van der Waals surface area contributed by atoms with Gasteiger partial charge < -0.3 is 15.5 Å². The molecule has 1 aliphatic rings. The van der Waals surface area contributed by atoms with E-state index in [4.69, 9.17) is 5.73 Å². The van der Waals surface area contributed by atoms with Gasteiger partial charge in [0.1, 0.15) is 0 Å². The molecule has 3 rings (SSSR count). The number of anilines is 1. The van der Waals surface area contributed by atoms with Gasteiger partial charge in [-0.2, -0.15) is 0 Å². The number of rotatable bonds is 5. The van der Waals surface area contributed by atoms with Crippen LogP contribution < -0.4 is 10.6 Å². The maximum atomic E-state index is 12.9. The number of benzene rings is 2. The van der Waals surface area contributed by atoms with E-state index in [2.05, 4.69) is 0 Å². The number of carbonyl (C=O) groups excluding carboxylic acids is 2. The standard InChI is InChI=1S/C21H25N3O2/c1-15(16-8-4-3-5-9-16)23(2)20(25)14-24-13-18(21(22)26)12-17-10-6-7-11-19(17)24/h3-11,15,18H,12-14H2,1-2H3,(H2,22,26)/t15-,18-/m0/s1. The molecule has 0 spiro atoms. The van der Waals surface area contributed by atoms with Crippen LogP contribution in [0.2, 0.25) is 0 Å². The topological polar surface area (TPSA) is 66.6 Å². The number of para-hydroxylation sites is 1. The van der Waals surface area contributed by atoms with E-state index in [9.17, 15) is 9.59 Å². The third-order valence-corrected chi connectivity index (χ3v) is 5.22. The predicted molar refractivity (Wildman–Crippen MR) is 103 cm³/mol. The van der Waals surface area contributed by atoms with E-state index in [1.54, 1.807) is 4.90 Å². The lowest BCUT2D eigenvalue weighted by Gasteiger charge is -2.36. The van der Waals surface area contributed by atoms with Gasteiger partial charge >= 0.3 is 0 Å². The van der Waals surface area contributed by atoms with Crippen molar-refractivity contribution in [2.45, 2.75) is 19.4 Å². The Morgan fingerprint density at radius 2 is 1.81 bits per heavy atom. The highest BCUT2D eigenvalue weighted by atomic mass is 16.2. The summed E-state index contributed by atoms with van der Waals surface area (Å²) in [4.78, 5) is 28.3. The molecule has 2 atom stereocenters. The molecule has 2 N–H and O–H groups in total. The van der Waals surface area contributed by atoms with E-state index in [1.807, 2.05) is 73.5 Å². The Labute approximate surface area is 154 Å². The van der Waals surface area contributed by atoms with Crippen LogP contribution in [0.4, 0.5) is 5.69 Å². The smallest absolute Gasteiger partial charge is 0.242 e. The molecule has 0 radical (unpaired) electrons. The zero-order valence-electron chi connectivity index (χ0n) is 15.3. The number of carbonyl (C=O) groups is 2. The number of hydrogen-bond acceptors (Lipinski definition) is 3. The van der Waals surface area contributed by atoms with Gasteiger partial charge in [-0.3, -0.25) is 9.59 Å². The quantitative estimate of drug-likeness (QED) is 0.899. The first-order chi connectivity index (χ1) is 12.5. The molecule has 0 aromatic heterocycles. The van der Waals surface area contributed by atoms with Gasteiger partial charge in [0, 0.05) is 19.3 Å². The number of nitrogens with zero attached hydrogens (tertiary/aromatic N) is 2. The normalized spacial score (nSPS) is 17.3. The molecular formula is C21H25N3O2. The Kier molecular flexibility index (Phi) is 5.26. The molecule has 0 unspecified atom stereocenters. The largest absolute Gasteiger partial charge is 0.369 e. The average molecular weight is 351 g/mol. The monoisotopic (exact) mass is 351 g/mol.